The molecule has 14 heavy (non-hydrogen) atoms. The zero-order valence-electron chi connectivity index (χ0n) is 7.08. The lowest BCUT2D eigenvalue weighted by Gasteiger charge is -1.97. The summed E-state index contributed by atoms with van der Waals surface area (Å²) >= 11 is 7.45. The molecule has 3 rings (SSSR count). The highest BCUT2D eigenvalue weighted by atomic mass is 35.5. The van der Waals surface area contributed by atoms with Gasteiger partial charge in [-0.25, -0.2) is 0 Å². The molecule has 0 atom stereocenters. The summed E-state index contributed by atoms with van der Waals surface area (Å²) in [5.41, 5.74) is 2.57. The first-order valence-electron chi connectivity index (χ1n) is 4.19. The third kappa shape index (κ3) is 0.925. The number of benzene rings is 1. The first-order valence-corrected chi connectivity index (χ1v) is 5.45. The summed E-state index contributed by atoms with van der Waals surface area (Å²) in [5.74, 6) is 0.0961. The van der Waals surface area contributed by atoms with Crippen LogP contribution in [0.25, 0.3) is 10.4 Å². The summed E-state index contributed by atoms with van der Waals surface area (Å²) in [6.07, 6.45) is 0. The standard InChI is InChI=1S/C11H5ClOS/c12-6-1-2-7-9(5-6)10(13)8-3-4-14-11(7)8/h1-5H. The molecular weight excluding hydrogens is 216 g/mol. The summed E-state index contributed by atoms with van der Waals surface area (Å²) in [6.45, 7) is 0. The summed E-state index contributed by atoms with van der Waals surface area (Å²) in [6, 6.07) is 7.35. The molecule has 1 aromatic heterocycles. The van der Waals surface area contributed by atoms with E-state index in [1.54, 1.807) is 17.4 Å². The smallest absolute Gasteiger partial charge is 0.195 e. The van der Waals surface area contributed by atoms with Crippen molar-refractivity contribution in [1.29, 1.82) is 0 Å². The Balaban J connectivity index is 2.38. The van der Waals surface area contributed by atoms with Crippen LogP contribution in [0.2, 0.25) is 5.02 Å². The summed E-state index contributed by atoms with van der Waals surface area (Å²) < 4.78 is 0. The van der Waals surface area contributed by atoms with Crippen LogP contribution in [0.15, 0.2) is 29.6 Å². The molecule has 0 N–H and O–H groups in total. The number of ketones is 1. The van der Waals surface area contributed by atoms with E-state index in [1.807, 2.05) is 23.6 Å². The Labute approximate surface area is 90.0 Å². The van der Waals surface area contributed by atoms with E-state index in [2.05, 4.69) is 0 Å². The van der Waals surface area contributed by atoms with Gasteiger partial charge in [0.2, 0.25) is 0 Å². The Hall–Kier alpha value is -1.12. The van der Waals surface area contributed by atoms with Crippen molar-refractivity contribution in [2.75, 3.05) is 0 Å². The minimum atomic E-state index is 0.0961. The van der Waals surface area contributed by atoms with Crippen LogP contribution in [0.1, 0.15) is 15.9 Å². The number of fused-ring (bicyclic) bond motifs is 3. The Kier molecular flexibility index (Phi) is 1.58. The second-order valence-electron chi connectivity index (χ2n) is 3.18. The van der Waals surface area contributed by atoms with Crippen LogP contribution in [-0.2, 0) is 0 Å². The van der Waals surface area contributed by atoms with Gasteiger partial charge in [-0.05, 0) is 23.6 Å². The van der Waals surface area contributed by atoms with E-state index >= 15 is 0 Å². The molecule has 1 aliphatic rings. The molecule has 0 unspecified atom stereocenters. The number of halogens is 1. The molecule has 0 amide bonds. The minimum absolute atomic E-state index is 0.0961. The molecule has 0 bridgehead atoms. The van der Waals surface area contributed by atoms with E-state index in [4.69, 9.17) is 11.6 Å². The molecule has 0 aliphatic heterocycles. The van der Waals surface area contributed by atoms with Crippen molar-refractivity contribution in [2.45, 2.75) is 0 Å². The van der Waals surface area contributed by atoms with Gasteiger partial charge < -0.3 is 0 Å². The molecule has 0 radical (unpaired) electrons. The van der Waals surface area contributed by atoms with Crippen molar-refractivity contribution < 1.29 is 4.79 Å². The van der Waals surface area contributed by atoms with Crippen LogP contribution in [0.3, 0.4) is 0 Å². The predicted octanol–water partition coefficient (Wildman–Crippen LogP) is 3.61. The van der Waals surface area contributed by atoms with E-state index in [9.17, 15) is 4.79 Å². The van der Waals surface area contributed by atoms with Crippen molar-refractivity contribution in [3.63, 3.8) is 0 Å². The van der Waals surface area contributed by atoms with Crippen LogP contribution >= 0.6 is 22.9 Å². The minimum Gasteiger partial charge on any atom is -0.289 e. The van der Waals surface area contributed by atoms with Gasteiger partial charge in [0.05, 0.1) is 0 Å². The number of rotatable bonds is 0. The summed E-state index contributed by atoms with van der Waals surface area (Å²) in [7, 11) is 0. The number of thiophene rings is 1. The van der Waals surface area contributed by atoms with Crippen molar-refractivity contribution in [3.8, 4) is 10.4 Å². The molecule has 0 fully saturated rings. The van der Waals surface area contributed by atoms with Gasteiger partial charge in [0.1, 0.15) is 0 Å². The quantitative estimate of drug-likeness (QED) is 0.566. The average molecular weight is 221 g/mol. The zero-order chi connectivity index (χ0) is 9.71. The van der Waals surface area contributed by atoms with E-state index < -0.39 is 0 Å². The number of carbonyl (C=O) groups is 1. The number of carbonyl (C=O) groups excluding carboxylic acids is 1. The molecule has 1 aliphatic carbocycles. The fraction of sp³-hybridized carbons (Fsp3) is 0. The van der Waals surface area contributed by atoms with Crippen LogP contribution in [0.4, 0.5) is 0 Å². The van der Waals surface area contributed by atoms with Gasteiger partial charge in [0.15, 0.2) is 5.78 Å². The van der Waals surface area contributed by atoms with E-state index in [0.717, 1.165) is 21.6 Å². The Bertz CT molecular complexity index is 542. The first-order chi connectivity index (χ1) is 6.77. The monoisotopic (exact) mass is 220 g/mol. The maximum Gasteiger partial charge on any atom is 0.195 e. The van der Waals surface area contributed by atoms with Crippen molar-refractivity contribution in [1.82, 2.24) is 0 Å². The third-order valence-corrected chi connectivity index (χ3v) is 3.56. The third-order valence-electron chi connectivity index (χ3n) is 2.38. The molecule has 1 heterocycles. The fourth-order valence-electron chi connectivity index (χ4n) is 1.74. The highest BCUT2D eigenvalue weighted by Gasteiger charge is 2.27. The van der Waals surface area contributed by atoms with Gasteiger partial charge >= 0.3 is 0 Å². The largest absolute Gasteiger partial charge is 0.289 e. The van der Waals surface area contributed by atoms with Crippen LogP contribution in [-0.4, -0.2) is 5.78 Å². The molecule has 2 aromatic rings. The fourth-order valence-corrected chi connectivity index (χ4v) is 2.85. The summed E-state index contributed by atoms with van der Waals surface area (Å²) in [4.78, 5) is 12.9. The molecule has 3 heteroatoms. The van der Waals surface area contributed by atoms with Gasteiger partial charge in [-0.2, -0.15) is 0 Å². The van der Waals surface area contributed by atoms with Crippen LogP contribution in [0.5, 0.6) is 0 Å². The lowest BCUT2D eigenvalue weighted by atomic mass is 10.1. The lowest BCUT2D eigenvalue weighted by Crippen LogP contribution is -1.93. The Morgan fingerprint density at radius 3 is 2.79 bits per heavy atom. The molecule has 0 saturated carbocycles. The molecule has 1 aromatic carbocycles. The normalized spacial score (nSPS) is 12.8. The maximum atomic E-state index is 11.8. The van der Waals surface area contributed by atoms with E-state index in [-0.39, 0.29) is 5.78 Å². The van der Waals surface area contributed by atoms with Gasteiger partial charge in [-0.1, -0.05) is 17.7 Å². The average Bonchev–Trinajstić information content (AvgIpc) is 2.72. The lowest BCUT2D eigenvalue weighted by molar-refractivity contribution is 0.104. The molecule has 0 saturated heterocycles. The van der Waals surface area contributed by atoms with E-state index in [1.165, 1.54) is 0 Å². The highest BCUT2D eigenvalue weighted by Crippen LogP contribution is 2.40. The van der Waals surface area contributed by atoms with E-state index in [0.29, 0.717) is 5.02 Å². The van der Waals surface area contributed by atoms with Crippen molar-refractivity contribution >= 4 is 28.7 Å². The van der Waals surface area contributed by atoms with Gasteiger partial charge in [-0.15, -0.1) is 11.3 Å². The molecule has 0 spiro atoms. The predicted molar refractivity (Wildman–Crippen MR) is 58.2 cm³/mol. The maximum absolute atomic E-state index is 11.8. The SMILES string of the molecule is O=C1c2cc(Cl)ccc2-c2sccc21. The van der Waals surface area contributed by atoms with Crippen molar-refractivity contribution in [2.24, 2.45) is 0 Å². The molecule has 68 valence electrons. The second-order valence-corrected chi connectivity index (χ2v) is 4.53. The Morgan fingerprint density at radius 2 is 1.93 bits per heavy atom. The zero-order valence-corrected chi connectivity index (χ0v) is 8.65. The first kappa shape index (κ1) is 8.21. The number of hydrogen-bond acceptors (Lipinski definition) is 2. The van der Waals surface area contributed by atoms with Gasteiger partial charge in [-0.3, -0.25) is 4.79 Å². The summed E-state index contributed by atoms with van der Waals surface area (Å²) in [5, 5.41) is 2.56. The van der Waals surface area contributed by atoms with Crippen LogP contribution < -0.4 is 0 Å². The van der Waals surface area contributed by atoms with Gasteiger partial charge in [0.25, 0.3) is 0 Å². The Morgan fingerprint density at radius 1 is 1.07 bits per heavy atom. The topological polar surface area (TPSA) is 17.1 Å². The van der Waals surface area contributed by atoms with Crippen LogP contribution in [0, 0.1) is 0 Å². The number of hydrogen-bond donors (Lipinski definition) is 0. The highest BCUT2D eigenvalue weighted by molar-refractivity contribution is 7.14. The van der Waals surface area contributed by atoms with Crippen molar-refractivity contribution in [3.05, 3.63) is 45.8 Å². The molecular formula is C11H5ClOS. The van der Waals surface area contributed by atoms with Gasteiger partial charge in [0, 0.05) is 26.6 Å². The molecule has 1 nitrogen and oxygen atoms in total. The second kappa shape index (κ2) is 2.69.